The molecule has 3 heteroatoms. The molecule has 0 radical (unpaired) electrons. The third-order valence-electron chi connectivity index (χ3n) is 13.0. The molecule has 0 saturated heterocycles. The van der Waals surface area contributed by atoms with E-state index in [1.807, 2.05) is 11.3 Å². The highest BCUT2D eigenvalue weighted by Gasteiger charge is 2.51. The molecular weight excluding hydrogens is 745 g/mol. The fourth-order valence-corrected chi connectivity index (χ4v) is 11.6. The van der Waals surface area contributed by atoms with Crippen LogP contribution in [0.4, 0.5) is 16.4 Å². The van der Waals surface area contributed by atoms with Crippen LogP contribution in [0.1, 0.15) is 22.3 Å². The second-order valence-corrected chi connectivity index (χ2v) is 17.1. The Bertz CT molecular complexity index is 3410. The minimum Gasteiger partial charge on any atom is -0.309 e. The largest absolute Gasteiger partial charge is 0.309 e. The molecule has 2 nitrogen and oxygen atoms in total. The van der Waals surface area contributed by atoms with Gasteiger partial charge in [-0.2, -0.15) is 0 Å². The molecule has 0 amide bonds. The number of fused-ring (bicyclic) bond motifs is 13. The minimum absolute atomic E-state index is 0.546. The highest BCUT2D eigenvalue weighted by molar-refractivity contribution is 7.23. The van der Waals surface area contributed by atoms with E-state index in [0.717, 1.165) is 11.4 Å². The van der Waals surface area contributed by atoms with Crippen LogP contribution in [0.2, 0.25) is 0 Å². The van der Waals surface area contributed by atoms with Crippen LogP contribution in [-0.4, -0.2) is 4.57 Å². The smallest absolute Gasteiger partial charge is 0.101 e. The second-order valence-electron chi connectivity index (χ2n) is 16.1. The van der Waals surface area contributed by atoms with Gasteiger partial charge in [0.05, 0.1) is 22.1 Å². The van der Waals surface area contributed by atoms with E-state index in [9.17, 15) is 0 Å². The number of para-hydroxylation sites is 3. The summed E-state index contributed by atoms with van der Waals surface area (Å²) in [5, 5.41) is 4.99. The van der Waals surface area contributed by atoms with Crippen molar-refractivity contribution in [2.75, 3.05) is 4.90 Å². The number of nitrogens with zero attached hydrogens (tertiary/aromatic N) is 2. The Morgan fingerprint density at radius 3 is 1.83 bits per heavy atom. The first-order chi connectivity index (χ1) is 29.8. The van der Waals surface area contributed by atoms with Crippen LogP contribution >= 0.6 is 11.3 Å². The standard InChI is InChI=1S/C57H36N2S/c1-3-16-37(17-4-1)40-32-41(38-18-5-2-6-19-38)34-43(33-40)58(55-35-39-20-7-14-29-54(39)60-55)42-30-31-45-44-21-8-10-24-48(44)57(51(45)36-42)49-25-11-13-28-53(49)59-52-27-12-9-22-46(52)47-23-15-26-50(57)56(47)59/h1-36H. The van der Waals surface area contributed by atoms with Gasteiger partial charge in [-0.05, 0) is 116 Å². The molecule has 2 aliphatic rings. The van der Waals surface area contributed by atoms with Crippen LogP contribution < -0.4 is 4.90 Å². The topological polar surface area (TPSA) is 8.17 Å². The monoisotopic (exact) mass is 780 g/mol. The Balaban J connectivity index is 1.13. The molecule has 60 heavy (non-hydrogen) atoms. The summed E-state index contributed by atoms with van der Waals surface area (Å²) in [6.07, 6.45) is 0. The fraction of sp³-hybridized carbons (Fsp3) is 0.0175. The van der Waals surface area contributed by atoms with Gasteiger partial charge in [0.15, 0.2) is 0 Å². The van der Waals surface area contributed by atoms with Crippen LogP contribution in [-0.2, 0) is 5.41 Å². The third kappa shape index (κ3) is 4.64. The van der Waals surface area contributed by atoms with Gasteiger partial charge in [0.2, 0.25) is 0 Å². The number of hydrogen-bond acceptors (Lipinski definition) is 2. The Labute approximate surface area is 352 Å². The number of thiophene rings is 1. The molecule has 2 aromatic heterocycles. The highest BCUT2D eigenvalue weighted by Crippen LogP contribution is 2.62. The quantitative estimate of drug-likeness (QED) is 0.169. The molecule has 0 bridgehead atoms. The summed E-state index contributed by atoms with van der Waals surface area (Å²) in [7, 11) is 0. The predicted molar refractivity (Wildman–Crippen MR) is 253 cm³/mol. The van der Waals surface area contributed by atoms with Crippen molar-refractivity contribution in [3.05, 3.63) is 241 Å². The van der Waals surface area contributed by atoms with Crippen molar-refractivity contribution in [2.24, 2.45) is 0 Å². The molecule has 0 saturated carbocycles. The number of aromatic nitrogens is 1. The normalized spacial score (nSPS) is 14.7. The van der Waals surface area contributed by atoms with E-state index in [0.29, 0.717) is 0 Å². The lowest BCUT2D eigenvalue weighted by Gasteiger charge is -2.40. The van der Waals surface area contributed by atoms with Gasteiger partial charge in [0, 0.05) is 26.8 Å². The maximum atomic E-state index is 2.52. The third-order valence-corrected chi connectivity index (χ3v) is 14.1. The van der Waals surface area contributed by atoms with Crippen LogP contribution in [0, 0.1) is 0 Å². The van der Waals surface area contributed by atoms with E-state index >= 15 is 0 Å². The lowest BCUT2D eigenvalue weighted by atomic mass is 9.65. The first kappa shape index (κ1) is 33.5. The summed E-state index contributed by atoms with van der Waals surface area (Å²) in [4.78, 5) is 2.51. The van der Waals surface area contributed by atoms with Gasteiger partial charge in [0.25, 0.3) is 0 Å². The predicted octanol–water partition coefficient (Wildman–Crippen LogP) is 15.5. The van der Waals surface area contributed by atoms with E-state index < -0.39 is 5.41 Å². The van der Waals surface area contributed by atoms with E-state index in [2.05, 4.69) is 228 Å². The fourth-order valence-electron chi connectivity index (χ4n) is 10.5. The molecule has 11 aromatic rings. The second kappa shape index (κ2) is 12.8. The summed E-state index contributed by atoms with van der Waals surface area (Å²) >= 11 is 1.85. The molecule has 1 unspecified atom stereocenters. The Morgan fingerprint density at radius 1 is 0.400 bits per heavy atom. The molecule has 3 heterocycles. The van der Waals surface area contributed by atoms with Gasteiger partial charge in [0.1, 0.15) is 5.00 Å². The summed E-state index contributed by atoms with van der Waals surface area (Å²) in [5.41, 5.74) is 18.1. The summed E-state index contributed by atoms with van der Waals surface area (Å²) in [6, 6.07) is 81.2. The molecule has 1 atom stereocenters. The average Bonchev–Trinajstić information content (AvgIpc) is 3.98. The van der Waals surface area contributed by atoms with Gasteiger partial charge in [-0.15, -0.1) is 11.3 Å². The van der Waals surface area contributed by atoms with Crippen molar-refractivity contribution in [1.82, 2.24) is 4.57 Å². The number of anilines is 3. The molecule has 1 spiro atoms. The molecular formula is C57H36N2S. The van der Waals surface area contributed by atoms with Gasteiger partial charge >= 0.3 is 0 Å². The SMILES string of the molecule is c1ccc(-c2cc(-c3ccccc3)cc(N(c3ccc4c(c3)C3(c5ccccc5-4)c4ccccc4-n4c5ccccc5c5cccc3c54)c3cc4ccccc4s3)c2)cc1. The van der Waals surface area contributed by atoms with Crippen molar-refractivity contribution in [3.63, 3.8) is 0 Å². The van der Waals surface area contributed by atoms with Crippen LogP contribution in [0.5, 0.6) is 0 Å². The Morgan fingerprint density at radius 2 is 1.03 bits per heavy atom. The Kier molecular flexibility index (Phi) is 7.13. The average molecular weight is 781 g/mol. The zero-order valence-corrected chi connectivity index (χ0v) is 33.4. The van der Waals surface area contributed by atoms with E-state index in [-0.39, 0.29) is 0 Å². The van der Waals surface area contributed by atoms with Crippen LogP contribution in [0.15, 0.2) is 218 Å². The van der Waals surface area contributed by atoms with Crippen LogP contribution in [0.3, 0.4) is 0 Å². The van der Waals surface area contributed by atoms with E-state index in [4.69, 9.17) is 0 Å². The molecule has 280 valence electrons. The number of benzene rings is 9. The summed E-state index contributed by atoms with van der Waals surface area (Å²) < 4.78 is 3.79. The summed E-state index contributed by atoms with van der Waals surface area (Å²) in [5.74, 6) is 0. The van der Waals surface area contributed by atoms with Crippen molar-refractivity contribution in [2.45, 2.75) is 5.41 Å². The van der Waals surface area contributed by atoms with Gasteiger partial charge in [-0.3, -0.25) is 0 Å². The number of hydrogen-bond donors (Lipinski definition) is 0. The lowest BCUT2D eigenvalue weighted by Crippen LogP contribution is -2.33. The van der Waals surface area contributed by atoms with Crippen LogP contribution in [0.25, 0.3) is 71.0 Å². The van der Waals surface area contributed by atoms with Gasteiger partial charge in [-0.1, -0.05) is 164 Å². The minimum atomic E-state index is -0.546. The first-order valence-corrected chi connectivity index (χ1v) is 21.5. The first-order valence-electron chi connectivity index (χ1n) is 20.7. The molecule has 13 rings (SSSR count). The van der Waals surface area contributed by atoms with Gasteiger partial charge < -0.3 is 9.47 Å². The van der Waals surface area contributed by atoms with Crippen molar-refractivity contribution < 1.29 is 0 Å². The van der Waals surface area contributed by atoms with Crippen molar-refractivity contribution in [3.8, 4) is 39.1 Å². The maximum Gasteiger partial charge on any atom is 0.101 e. The highest BCUT2D eigenvalue weighted by atomic mass is 32.1. The van der Waals surface area contributed by atoms with E-state index in [1.165, 1.54) is 98.2 Å². The zero-order chi connectivity index (χ0) is 39.4. The summed E-state index contributed by atoms with van der Waals surface area (Å²) in [6.45, 7) is 0. The molecule has 1 aliphatic heterocycles. The lowest BCUT2D eigenvalue weighted by molar-refractivity contribution is 0.748. The molecule has 0 N–H and O–H groups in total. The van der Waals surface area contributed by atoms with Gasteiger partial charge in [-0.25, -0.2) is 0 Å². The van der Waals surface area contributed by atoms with Crippen molar-refractivity contribution >= 4 is 59.6 Å². The zero-order valence-electron chi connectivity index (χ0n) is 32.6. The number of rotatable bonds is 5. The van der Waals surface area contributed by atoms with Crippen molar-refractivity contribution in [1.29, 1.82) is 0 Å². The Hall–Kier alpha value is -7.46. The molecule has 0 fully saturated rings. The molecule has 9 aromatic carbocycles. The molecule has 1 aliphatic carbocycles. The van der Waals surface area contributed by atoms with E-state index in [1.54, 1.807) is 0 Å². The maximum absolute atomic E-state index is 2.52.